The molecule has 0 unspecified atom stereocenters. The van der Waals surface area contributed by atoms with Crippen molar-refractivity contribution in [2.45, 2.75) is 0 Å². The number of hydrogen-bond acceptors (Lipinski definition) is 4. The van der Waals surface area contributed by atoms with Crippen LogP contribution in [0.5, 0.6) is 0 Å². The fraction of sp³-hybridized carbons (Fsp3) is 0.250. The average molecular weight is 158 g/mol. The molecule has 0 spiro atoms. The molecule has 0 radical (unpaired) electrons. The van der Waals surface area contributed by atoms with E-state index >= 15 is 0 Å². The molecule has 7 nitrogen and oxygen atoms in total. The van der Waals surface area contributed by atoms with E-state index in [4.69, 9.17) is 5.84 Å². The van der Waals surface area contributed by atoms with Crippen molar-refractivity contribution in [1.29, 1.82) is 0 Å². The summed E-state index contributed by atoms with van der Waals surface area (Å²) in [7, 11) is 0. The Kier molecular flexibility index (Phi) is 1.73. The molecule has 0 saturated carbocycles. The molecule has 0 aromatic heterocycles. The summed E-state index contributed by atoms with van der Waals surface area (Å²) in [6.45, 7) is -0.276. The molecular weight excluding hydrogens is 152 g/mol. The van der Waals surface area contributed by atoms with E-state index in [1.54, 1.807) is 5.43 Å². The molecule has 5 amide bonds. The van der Waals surface area contributed by atoms with E-state index < -0.39 is 18.0 Å². The van der Waals surface area contributed by atoms with E-state index in [-0.39, 0.29) is 6.54 Å². The largest absolute Gasteiger partial charge is 0.340 e. The first-order valence-electron chi connectivity index (χ1n) is 2.77. The van der Waals surface area contributed by atoms with Gasteiger partial charge >= 0.3 is 12.1 Å². The van der Waals surface area contributed by atoms with Crippen LogP contribution in [0.3, 0.4) is 0 Å². The lowest BCUT2D eigenvalue weighted by molar-refractivity contribution is -0.118. The average Bonchev–Trinajstić information content (AvgIpc) is 2.28. The van der Waals surface area contributed by atoms with Crippen molar-refractivity contribution in [2.75, 3.05) is 6.54 Å². The zero-order valence-electron chi connectivity index (χ0n) is 5.46. The number of nitrogens with two attached hydrogens (primary N) is 1. The maximum absolute atomic E-state index is 10.7. The van der Waals surface area contributed by atoms with Gasteiger partial charge in [0.05, 0.1) is 0 Å². The predicted octanol–water partition coefficient (Wildman–Crippen LogP) is -1.88. The Morgan fingerprint density at radius 3 is 2.64 bits per heavy atom. The van der Waals surface area contributed by atoms with Gasteiger partial charge in [-0.1, -0.05) is 0 Å². The zero-order valence-corrected chi connectivity index (χ0v) is 5.46. The monoisotopic (exact) mass is 158 g/mol. The van der Waals surface area contributed by atoms with Crippen molar-refractivity contribution < 1.29 is 14.4 Å². The summed E-state index contributed by atoms with van der Waals surface area (Å²) in [6.07, 6.45) is 0. The quantitative estimate of drug-likeness (QED) is 0.166. The van der Waals surface area contributed by atoms with Crippen molar-refractivity contribution in [3.05, 3.63) is 0 Å². The summed E-state index contributed by atoms with van der Waals surface area (Å²) < 4.78 is 0. The third-order valence-electron chi connectivity index (χ3n) is 1.16. The molecule has 1 rings (SSSR count). The molecule has 4 N–H and O–H groups in total. The summed E-state index contributed by atoms with van der Waals surface area (Å²) in [5.41, 5.74) is 1.73. The van der Waals surface area contributed by atoms with Crippen LogP contribution in [0, 0.1) is 0 Å². The van der Waals surface area contributed by atoms with Gasteiger partial charge in [-0.05, 0) is 0 Å². The highest BCUT2D eigenvalue weighted by Crippen LogP contribution is 1.96. The van der Waals surface area contributed by atoms with Crippen molar-refractivity contribution in [1.82, 2.24) is 15.6 Å². The Hall–Kier alpha value is -1.63. The van der Waals surface area contributed by atoms with Gasteiger partial charge in [-0.2, -0.15) is 0 Å². The number of hydrogen-bond donors (Lipinski definition) is 3. The number of nitrogens with zero attached hydrogens (tertiary/aromatic N) is 1. The Bertz CT molecular complexity index is 225. The summed E-state index contributed by atoms with van der Waals surface area (Å²) in [4.78, 5) is 32.5. The summed E-state index contributed by atoms with van der Waals surface area (Å²) in [5, 5.41) is 1.91. The van der Waals surface area contributed by atoms with Gasteiger partial charge in [0.2, 0.25) is 5.91 Å². The van der Waals surface area contributed by atoms with Crippen LogP contribution in [0.25, 0.3) is 0 Å². The number of rotatable bonds is 0. The summed E-state index contributed by atoms with van der Waals surface area (Å²) >= 11 is 0. The van der Waals surface area contributed by atoms with Crippen molar-refractivity contribution in [3.63, 3.8) is 0 Å². The molecule has 1 fully saturated rings. The number of nitrogens with one attached hydrogen (secondary N) is 2. The molecular formula is C4H6N4O3. The zero-order chi connectivity index (χ0) is 8.43. The number of carbonyl (C=O) groups is 3. The van der Waals surface area contributed by atoms with Gasteiger partial charge in [-0.15, -0.1) is 0 Å². The van der Waals surface area contributed by atoms with E-state index in [9.17, 15) is 14.4 Å². The van der Waals surface area contributed by atoms with Crippen LogP contribution in [0.15, 0.2) is 0 Å². The maximum atomic E-state index is 10.7. The van der Waals surface area contributed by atoms with Crippen LogP contribution in [0.2, 0.25) is 0 Å². The number of hydrazine groups is 1. The number of amides is 5. The second-order valence-electron chi connectivity index (χ2n) is 1.89. The van der Waals surface area contributed by atoms with Gasteiger partial charge in [-0.25, -0.2) is 20.3 Å². The molecule has 0 atom stereocenters. The van der Waals surface area contributed by atoms with Crippen molar-refractivity contribution in [2.24, 2.45) is 5.84 Å². The molecule has 11 heavy (non-hydrogen) atoms. The highest BCUT2D eigenvalue weighted by atomic mass is 16.2. The topological polar surface area (TPSA) is 105 Å². The van der Waals surface area contributed by atoms with Gasteiger partial charge in [0.25, 0.3) is 0 Å². The van der Waals surface area contributed by atoms with Gasteiger partial charge in [0, 0.05) is 0 Å². The second kappa shape index (κ2) is 2.54. The molecule has 0 aromatic carbocycles. The first-order chi connectivity index (χ1) is 5.15. The number of urea groups is 2. The first kappa shape index (κ1) is 7.48. The first-order valence-corrected chi connectivity index (χ1v) is 2.77. The van der Waals surface area contributed by atoms with Crippen LogP contribution in [-0.2, 0) is 4.79 Å². The van der Waals surface area contributed by atoms with Gasteiger partial charge < -0.3 is 0 Å². The van der Waals surface area contributed by atoms with Gasteiger partial charge in [0.15, 0.2) is 0 Å². The fourth-order valence-corrected chi connectivity index (χ4v) is 0.684. The lowest BCUT2D eigenvalue weighted by atomic mass is 10.6. The van der Waals surface area contributed by atoms with E-state index in [1.807, 2.05) is 5.32 Å². The van der Waals surface area contributed by atoms with Crippen LogP contribution >= 0.6 is 0 Å². The molecule has 1 saturated heterocycles. The molecule has 1 aliphatic heterocycles. The Balaban J connectivity index is 2.67. The van der Waals surface area contributed by atoms with Crippen LogP contribution in [-0.4, -0.2) is 29.4 Å². The van der Waals surface area contributed by atoms with E-state index in [2.05, 4.69) is 0 Å². The van der Waals surface area contributed by atoms with Gasteiger partial charge in [-0.3, -0.25) is 15.5 Å². The number of imide groups is 2. The lowest BCUT2D eigenvalue weighted by Crippen LogP contribution is -2.44. The molecule has 1 aliphatic rings. The highest BCUT2D eigenvalue weighted by molar-refractivity contribution is 6.09. The Morgan fingerprint density at radius 1 is 1.64 bits per heavy atom. The molecule has 60 valence electrons. The Morgan fingerprint density at radius 2 is 2.27 bits per heavy atom. The molecule has 1 heterocycles. The summed E-state index contributed by atoms with van der Waals surface area (Å²) in [6, 6.07) is -1.55. The smallest absolute Gasteiger partial charge is 0.276 e. The van der Waals surface area contributed by atoms with Crippen LogP contribution in [0.4, 0.5) is 9.59 Å². The van der Waals surface area contributed by atoms with E-state index in [0.717, 1.165) is 0 Å². The third kappa shape index (κ3) is 1.27. The molecule has 7 heteroatoms. The van der Waals surface area contributed by atoms with Crippen LogP contribution in [0.1, 0.15) is 0 Å². The Labute approximate surface area is 61.5 Å². The molecule has 0 aromatic rings. The molecule has 0 bridgehead atoms. The number of carbonyl (C=O) groups excluding carboxylic acids is 3. The van der Waals surface area contributed by atoms with E-state index in [1.165, 1.54) is 0 Å². The SMILES string of the molecule is NNC(=O)N1CC(=O)NC1=O. The fourth-order valence-electron chi connectivity index (χ4n) is 0.684. The van der Waals surface area contributed by atoms with Crippen molar-refractivity contribution in [3.8, 4) is 0 Å². The minimum Gasteiger partial charge on any atom is -0.276 e. The third-order valence-corrected chi connectivity index (χ3v) is 1.16. The van der Waals surface area contributed by atoms with Crippen molar-refractivity contribution >= 4 is 18.0 Å². The van der Waals surface area contributed by atoms with Gasteiger partial charge in [0.1, 0.15) is 6.54 Å². The lowest BCUT2D eigenvalue weighted by Gasteiger charge is -2.08. The maximum Gasteiger partial charge on any atom is 0.340 e. The second-order valence-corrected chi connectivity index (χ2v) is 1.89. The normalized spacial score (nSPS) is 16.6. The summed E-state index contributed by atoms with van der Waals surface area (Å²) in [5.74, 6) is 4.21. The standard InChI is InChI=1S/C4H6N4O3/c5-7-4(11)8-1-2(9)6-3(8)10/h1,5H2,(H,7,11)(H,6,9,10). The highest BCUT2D eigenvalue weighted by Gasteiger charge is 2.31. The van der Waals surface area contributed by atoms with Crippen LogP contribution < -0.4 is 16.6 Å². The predicted molar refractivity (Wildman–Crippen MR) is 33.0 cm³/mol. The minimum absolute atomic E-state index is 0.276. The molecule has 0 aliphatic carbocycles. The van der Waals surface area contributed by atoms with E-state index in [0.29, 0.717) is 4.90 Å². The minimum atomic E-state index is -0.798.